The number of rotatable bonds is 7. The maximum atomic E-state index is 11.6. The number of fused-ring (bicyclic) bond motifs is 1. The van der Waals surface area contributed by atoms with E-state index in [1.54, 1.807) is 0 Å². The van der Waals surface area contributed by atoms with Crippen LogP contribution in [0.1, 0.15) is 24.0 Å². The van der Waals surface area contributed by atoms with Crippen molar-refractivity contribution in [3.05, 3.63) is 66.0 Å². The Morgan fingerprint density at radius 1 is 1.08 bits per heavy atom. The van der Waals surface area contributed by atoms with Gasteiger partial charge < -0.3 is 15.6 Å². The van der Waals surface area contributed by atoms with Crippen LogP contribution in [-0.4, -0.2) is 22.0 Å². The van der Waals surface area contributed by atoms with E-state index in [0.717, 1.165) is 29.6 Å². The van der Waals surface area contributed by atoms with Gasteiger partial charge in [0.05, 0.1) is 17.4 Å². The molecule has 3 aromatic rings. The zero-order chi connectivity index (χ0) is 16.8. The van der Waals surface area contributed by atoms with Crippen LogP contribution in [-0.2, 0) is 17.9 Å². The zero-order valence-electron chi connectivity index (χ0n) is 13.6. The fourth-order valence-corrected chi connectivity index (χ4v) is 2.65. The van der Waals surface area contributed by atoms with Crippen molar-refractivity contribution >= 4 is 16.9 Å². The Morgan fingerprint density at radius 3 is 2.62 bits per heavy atom. The number of nitrogens with one attached hydrogen (secondary N) is 1. The number of benzene rings is 2. The standard InChI is InChI=1S/C19H22N4O/c20-11-3-6-19(24)21-12-15-7-9-16(10-8-15)13-23-14-22-17-4-1-2-5-18(17)23/h1-2,4-5,7-10,14H,3,6,11-13,20H2,(H,21,24). The van der Waals surface area contributed by atoms with Gasteiger partial charge >= 0.3 is 0 Å². The molecule has 1 heterocycles. The van der Waals surface area contributed by atoms with Crippen LogP contribution < -0.4 is 11.1 Å². The second kappa shape index (κ2) is 7.75. The van der Waals surface area contributed by atoms with Crippen molar-refractivity contribution in [2.24, 2.45) is 5.73 Å². The third-order valence-electron chi connectivity index (χ3n) is 4.00. The predicted molar refractivity (Wildman–Crippen MR) is 95.4 cm³/mol. The quantitative estimate of drug-likeness (QED) is 0.702. The highest BCUT2D eigenvalue weighted by molar-refractivity contribution is 5.76. The summed E-state index contributed by atoms with van der Waals surface area (Å²) in [6.45, 7) is 1.88. The van der Waals surface area contributed by atoms with E-state index < -0.39 is 0 Å². The lowest BCUT2D eigenvalue weighted by atomic mass is 10.1. The van der Waals surface area contributed by atoms with Crippen LogP contribution >= 0.6 is 0 Å². The van der Waals surface area contributed by atoms with Gasteiger partial charge in [-0.3, -0.25) is 4.79 Å². The van der Waals surface area contributed by atoms with E-state index in [0.29, 0.717) is 19.5 Å². The van der Waals surface area contributed by atoms with Gasteiger partial charge in [0.25, 0.3) is 0 Å². The van der Waals surface area contributed by atoms with Crippen molar-refractivity contribution in [1.82, 2.24) is 14.9 Å². The number of carbonyl (C=O) groups is 1. The van der Waals surface area contributed by atoms with Gasteiger partial charge in [-0.15, -0.1) is 0 Å². The van der Waals surface area contributed by atoms with E-state index in [4.69, 9.17) is 5.73 Å². The van der Waals surface area contributed by atoms with E-state index in [2.05, 4.69) is 45.2 Å². The maximum absolute atomic E-state index is 11.6. The summed E-state index contributed by atoms with van der Waals surface area (Å²) in [6, 6.07) is 16.4. The molecule has 2 aromatic carbocycles. The lowest BCUT2D eigenvalue weighted by molar-refractivity contribution is -0.121. The van der Waals surface area contributed by atoms with Crippen LogP contribution in [0.15, 0.2) is 54.9 Å². The number of carbonyl (C=O) groups excluding carboxylic acids is 1. The van der Waals surface area contributed by atoms with Gasteiger partial charge in [0, 0.05) is 19.5 Å². The van der Waals surface area contributed by atoms with Crippen molar-refractivity contribution in [3.63, 3.8) is 0 Å². The first-order valence-electron chi connectivity index (χ1n) is 8.21. The molecule has 5 heteroatoms. The largest absolute Gasteiger partial charge is 0.352 e. The van der Waals surface area contributed by atoms with Crippen LogP contribution in [0.3, 0.4) is 0 Å². The minimum Gasteiger partial charge on any atom is -0.352 e. The molecule has 0 atom stereocenters. The molecular weight excluding hydrogens is 300 g/mol. The van der Waals surface area contributed by atoms with E-state index >= 15 is 0 Å². The average Bonchev–Trinajstić information content (AvgIpc) is 3.02. The van der Waals surface area contributed by atoms with Crippen molar-refractivity contribution < 1.29 is 4.79 Å². The Morgan fingerprint density at radius 2 is 1.83 bits per heavy atom. The summed E-state index contributed by atoms with van der Waals surface area (Å²) in [5, 5.41) is 2.91. The summed E-state index contributed by atoms with van der Waals surface area (Å²) in [7, 11) is 0. The first kappa shape index (κ1) is 16.2. The lowest BCUT2D eigenvalue weighted by Crippen LogP contribution is -2.23. The summed E-state index contributed by atoms with van der Waals surface area (Å²) >= 11 is 0. The molecule has 1 amide bonds. The summed E-state index contributed by atoms with van der Waals surface area (Å²) in [6.07, 6.45) is 3.09. The number of aromatic nitrogens is 2. The normalized spacial score (nSPS) is 10.9. The molecule has 1 aromatic heterocycles. The Kier molecular flexibility index (Phi) is 5.23. The number of hydrogen-bond acceptors (Lipinski definition) is 3. The highest BCUT2D eigenvalue weighted by Crippen LogP contribution is 2.14. The van der Waals surface area contributed by atoms with E-state index in [1.807, 2.05) is 24.5 Å². The van der Waals surface area contributed by atoms with Gasteiger partial charge in [0.15, 0.2) is 0 Å². The summed E-state index contributed by atoms with van der Waals surface area (Å²) in [5.74, 6) is 0.0504. The van der Waals surface area contributed by atoms with Crippen LogP contribution in [0.5, 0.6) is 0 Å². The predicted octanol–water partition coefficient (Wildman–Crippen LogP) is 2.44. The molecule has 0 aliphatic rings. The molecule has 0 unspecified atom stereocenters. The van der Waals surface area contributed by atoms with Gasteiger partial charge in [-0.05, 0) is 36.2 Å². The summed E-state index contributed by atoms with van der Waals surface area (Å²) in [4.78, 5) is 16.0. The molecule has 0 bridgehead atoms. The van der Waals surface area contributed by atoms with Crippen LogP contribution in [0, 0.1) is 0 Å². The van der Waals surface area contributed by atoms with Crippen molar-refractivity contribution in [2.75, 3.05) is 6.54 Å². The topological polar surface area (TPSA) is 72.9 Å². The molecule has 0 spiro atoms. The lowest BCUT2D eigenvalue weighted by Gasteiger charge is -2.08. The fourth-order valence-electron chi connectivity index (χ4n) is 2.65. The van der Waals surface area contributed by atoms with Crippen molar-refractivity contribution in [1.29, 1.82) is 0 Å². The van der Waals surface area contributed by atoms with Crippen molar-refractivity contribution in [3.8, 4) is 0 Å². The minimum atomic E-state index is 0.0504. The Hall–Kier alpha value is -2.66. The van der Waals surface area contributed by atoms with Crippen LogP contribution in [0.25, 0.3) is 11.0 Å². The number of nitrogens with zero attached hydrogens (tertiary/aromatic N) is 2. The molecule has 0 aliphatic carbocycles. The molecule has 0 fully saturated rings. The molecule has 0 aliphatic heterocycles. The SMILES string of the molecule is NCCCC(=O)NCc1ccc(Cn2cnc3ccccc32)cc1. The second-order valence-corrected chi connectivity index (χ2v) is 5.85. The van der Waals surface area contributed by atoms with E-state index in [9.17, 15) is 4.79 Å². The maximum Gasteiger partial charge on any atom is 0.220 e. The highest BCUT2D eigenvalue weighted by Gasteiger charge is 2.03. The number of hydrogen-bond donors (Lipinski definition) is 2. The summed E-state index contributed by atoms with van der Waals surface area (Å²) < 4.78 is 2.14. The van der Waals surface area contributed by atoms with E-state index in [-0.39, 0.29) is 5.91 Å². The number of para-hydroxylation sites is 2. The molecule has 3 N–H and O–H groups in total. The van der Waals surface area contributed by atoms with Crippen molar-refractivity contribution in [2.45, 2.75) is 25.9 Å². The molecule has 0 saturated heterocycles. The number of nitrogens with two attached hydrogens (primary N) is 1. The Labute approximate surface area is 141 Å². The third-order valence-corrected chi connectivity index (χ3v) is 4.00. The first-order valence-corrected chi connectivity index (χ1v) is 8.21. The average molecular weight is 322 g/mol. The Bertz CT molecular complexity index is 808. The zero-order valence-corrected chi connectivity index (χ0v) is 13.6. The molecule has 0 saturated carbocycles. The van der Waals surface area contributed by atoms with Crippen LogP contribution in [0.2, 0.25) is 0 Å². The second-order valence-electron chi connectivity index (χ2n) is 5.85. The third kappa shape index (κ3) is 4.00. The van der Waals surface area contributed by atoms with Gasteiger partial charge in [0.1, 0.15) is 0 Å². The summed E-state index contributed by atoms with van der Waals surface area (Å²) in [5.41, 5.74) is 9.84. The molecule has 124 valence electrons. The van der Waals surface area contributed by atoms with E-state index in [1.165, 1.54) is 5.56 Å². The molecule has 3 rings (SSSR count). The van der Waals surface area contributed by atoms with Gasteiger partial charge in [-0.1, -0.05) is 36.4 Å². The number of amides is 1. The molecule has 24 heavy (non-hydrogen) atoms. The van der Waals surface area contributed by atoms with Gasteiger partial charge in [-0.25, -0.2) is 4.98 Å². The molecule has 5 nitrogen and oxygen atoms in total. The van der Waals surface area contributed by atoms with Crippen LogP contribution in [0.4, 0.5) is 0 Å². The molecular formula is C19H22N4O. The highest BCUT2D eigenvalue weighted by atomic mass is 16.1. The minimum absolute atomic E-state index is 0.0504. The molecule has 0 radical (unpaired) electrons. The Balaban J connectivity index is 1.59. The van der Waals surface area contributed by atoms with Gasteiger partial charge in [-0.2, -0.15) is 0 Å². The number of imidazole rings is 1. The first-order chi connectivity index (χ1) is 11.8. The fraction of sp³-hybridized carbons (Fsp3) is 0.263. The van der Waals surface area contributed by atoms with Gasteiger partial charge in [0.2, 0.25) is 5.91 Å². The monoisotopic (exact) mass is 322 g/mol. The smallest absolute Gasteiger partial charge is 0.220 e.